The zero-order valence-corrected chi connectivity index (χ0v) is 17.4. The Morgan fingerprint density at radius 3 is 2.90 bits per heavy atom. The molecule has 6 heteroatoms. The van der Waals surface area contributed by atoms with Gasteiger partial charge in [0, 0.05) is 24.6 Å². The second-order valence-corrected chi connectivity index (χ2v) is 6.88. The molecule has 1 aromatic carbocycles. The Kier molecular flexibility index (Phi) is 7.38. The van der Waals surface area contributed by atoms with Crippen molar-refractivity contribution < 1.29 is 18.7 Å². The lowest BCUT2D eigenvalue weighted by molar-refractivity contribution is 0.0977. The van der Waals surface area contributed by atoms with Crippen molar-refractivity contribution in [1.82, 2.24) is 9.97 Å². The number of unbranched alkanes of at least 4 members (excludes halogenated alkanes) is 1. The topological polar surface area (TPSA) is 74.5 Å². The molecule has 2 heterocycles. The van der Waals surface area contributed by atoms with Gasteiger partial charge in [0.05, 0.1) is 19.4 Å². The number of aromatic nitrogens is 2. The number of aryl methyl sites for hydroxylation is 2. The Labute approximate surface area is 176 Å². The summed E-state index contributed by atoms with van der Waals surface area (Å²) in [6, 6.07) is 9.26. The second-order valence-electron chi connectivity index (χ2n) is 6.88. The smallest absolute Gasteiger partial charge is 0.226 e. The zero-order chi connectivity index (χ0) is 21.3. The number of allylic oxidation sites excluding steroid dienone is 1. The van der Waals surface area contributed by atoms with E-state index in [1.807, 2.05) is 43.3 Å². The van der Waals surface area contributed by atoms with Crippen molar-refractivity contribution in [3.63, 3.8) is 0 Å². The van der Waals surface area contributed by atoms with Gasteiger partial charge in [0.15, 0.2) is 17.3 Å². The van der Waals surface area contributed by atoms with E-state index >= 15 is 0 Å². The maximum absolute atomic E-state index is 12.4. The van der Waals surface area contributed by atoms with Gasteiger partial charge in [0.2, 0.25) is 5.89 Å². The molecule has 6 nitrogen and oxygen atoms in total. The SMILES string of the molecule is C=CCCCOc1cc(-c2nc(CCC(=O)c3ncccc3C)co2)ccc1OC. The first-order valence-electron chi connectivity index (χ1n) is 9.93. The fourth-order valence-electron chi connectivity index (χ4n) is 3.02. The molecular weight excluding hydrogens is 380 g/mol. The van der Waals surface area contributed by atoms with Gasteiger partial charge < -0.3 is 13.9 Å². The van der Waals surface area contributed by atoms with E-state index in [0.29, 0.717) is 42.5 Å². The number of ether oxygens (including phenoxy) is 2. The van der Waals surface area contributed by atoms with Crippen LogP contribution in [0, 0.1) is 6.92 Å². The Balaban J connectivity index is 1.67. The molecule has 0 N–H and O–H groups in total. The lowest BCUT2D eigenvalue weighted by atomic mass is 10.1. The van der Waals surface area contributed by atoms with Crippen molar-refractivity contribution in [2.75, 3.05) is 13.7 Å². The van der Waals surface area contributed by atoms with E-state index < -0.39 is 0 Å². The third kappa shape index (κ3) is 5.35. The highest BCUT2D eigenvalue weighted by Crippen LogP contribution is 2.32. The van der Waals surface area contributed by atoms with Gasteiger partial charge in [-0.1, -0.05) is 12.1 Å². The second kappa shape index (κ2) is 10.4. The monoisotopic (exact) mass is 406 g/mol. The number of rotatable bonds is 11. The van der Waals surface area contributed by atoms with Gasteiger partial charge in [-0.2, -0.15) is 0 Å². The number of benzene rings is 1. The number of ketones is 1. The maximum Gasteiger partial charge on any atom is 0.226 e. The van der Waals surface area contributed by atoms with E-state index in [-0.39, 0.29) is 5.78 Å². The van der Waals surface area contributed by atoms with Crippen molar-refractivity contribution in [1.29, 1.82) is 0 Å². The van der Waals surface area contributed by atoms with E-state index in [0.717, 1.165) is 29.7 Å². The summed E-state index contributed by atoms with van der Waals surface area (Å²) in [5.41, 5.74) is 2.89. The molecule has 0 spiro atoms. The number of oxazole rings is 1. The molecule has 0 atom stereocenters. The number of methoxy groups -OCH3 is 1. The van der Waals surface area contributed by atoms with E-state index in [9.17, 15) is 4.79 Å². The Morgan fingerprint density at radius 1 is 1.27 bits per heavy atom. The van der Waals surface area contributed by atoms with E-state index in [4.69, 9.17) is 13.9 Å². The molecule has 156 valence electrons. The minimum absolute atomic E-state index is 0.00249. The average molecular weight is 406 g/mol. The summed E-state index contributed by atoms with van der Waals surface area (Å²) >= 11 is 0. The summed E-state index contributed by atoms with van der Waals surface area (Å²) < 4.78 is 16.9. The highest BCUT2D eigenvalue weighted by Gasteiger charge is 2.14. The molecule has 0 aliphatic heterocycles. The number of nitrogens with zero attached hydrogens (tertiary/aromatic N) is 2. The van der Waals surface area contributed by atoms with Crippen LogP contribution >= 0.6 is 0 Å². The Morgan fingerprint density at radius 2 is 2.13 bits per heavy atom. The number of Topliss-reactive ketones (excluding diaryl/α,β-unsaturated/α-hetero) is 1. The molecule has 30 heavy (non-hydrogen) atoms. The third-order valence-electron chi connectivity index (χ3n) is 4.65. The zero-order valence-electron chi connectivity index (χ0n) is 17.4. The van der Waals surface area contributed by atoms with Gasteiger partial charge in [0.25, 0.3) is 0 Å². The van der Waals surface area contributed by atoms with E-state index in [1.54, 1.807) is 19.6 Å². The van der Waals surface area contributed by atoms with Crippen molar-refractivity contribution in [2.24, 2.45) is 0 Å². The largest absolute Gasteiger partial charge is 0.493 e. The number of hydrogen-bond donors (Lipinski definition) is 0. The maximum atomic E-state index is 12.4. The molecular formula is C24H26N2O4. The Bertz CT molecular complexity index is 1010. The standard InChI is InChI=1S/C24H26N2O4/c1-4-5-6-14-29-22-15-18(9-12-21(22)28-3)24-26-19(16-30-24)10-11-20(27)23-17(2)8-7-13-25-23/h4,7-9,12-13,15-16H,1,5-6,10-11,14H2,2-3H3. The van der Waals surface area contributed by atoms with Gasteiger partial charge in [-0.05, 0) is 49.6 Å². The van der Waals surface area contributed by atoms with Crippen molar-refractivity contribution in [2.45, 2.75) is 32.6 Å². The molecule has 0 bridgehead atoms. The number of carbonyl (C=O) groups is 1. The van der Waals surface area contributed by atoms with Crippen molar-refractivity contribution >= 4 is 5.78 Å². The van der Waals surface area contributed by atoms with Crippen LogP contribution in [0.4, 0.5) is 0 Å². The van der Waals surface area contributed by atoms with Crippen LogP contribution in [0.15, 0.2) is 59.9 Å². The van der Waals surface area contributed by atoms with Gasteiger partial charge in [-0.15, -0.1) is 6.58 Å². The molecule has 3 aromatic rings. The lowest BCUT2D eigenvalue weighted by Crippen LogP contribution is -2.06. The number of hydrogen-bond acceptors (Lipinski definition) is 6. The molecule has 0 fully saturated rings. The van der Waals surface area contributed by atoms with Gasteiger partial charge in [-0.25, -0.2) is 4.98 Å². The van der Waals surface area contributed by atoms with Crippen LogP contribution in [0.2, 0.25) is 0 Å². The first-order chi connectivity index (χ1) is 14.6. The van der Waals surface area contributed by atoms with Crippen LogP contribution in [0.25, 0.3) is 11.5 Å². The van der Waals surface area contributed by atoms with Gasteiger partial charge >= 0.3 is 0 Å². The molecule has 0 saturated heterocycles. The normalized spacial score (nSPS) is 10.6. The molecule has 2 aromatic heterocycles. The fourth-order valence-corrected chi connectivity index (χ4v) is 3.02. The van der Waals surface area contributed by atoms with Crippen LogP contribution in [-0.4, -0.2) is 29.5 Å². The molecule has 3 rings (SSSR count). The predicted octanol–water partition coefficient (Wildman–Crippen LogP) is 5.21. The summed E-state index contributed by atoms with van der Waals surface area (Å²) in [5.74, 6) is 1.77. The van der Waals surface area contributed by atoms with E-state index in [1.165, 1.54) is 0 Å². The first kappa shape index (κ1) is 21.3. The lowest BCUT2D eigenvalue weighted by Gasteiger charge is -2.11. The quantitative estimate of drug-likeness (QED) is 0.247. The van der Waals surface area contributed by atoms with Crippen LogP contribution < -0.4 is 9.47 Å². The molecule has 0 amide bonds. The highest BCUT2D eigenvalue weighted by molar-refractivity contribution is 5.95. The molecule has 0 unspecified atom stereocenters. The highest BCUT2D eigenvalue weighted by atomic mass is 16.5. The van der Waals surface area contributed by atoms with Crippen LogP contribution in [0.3, 0.4) is 0 Å². The predicted molar refractivity (Wildman–Crippen MR) is 115 cm³/mol. The third-order valence-corrected chi connectivity index (χ3v) is 4.65. The van der Waals surface area contributed by atoms with Gasteiger partial charge in [-0.3, -0.25) is 9.78 Å². The van der Waals surface area contributed by atoms with Crippen LogP contribution in [-0.2, 0) is 6.42 Å². The summed E-state index contributed by atoms with van der Waals surface area (Å²) in [7, 11) is 1.61. The van der Waals surface area contributed by atoms with E-state index in [2.05, 4.69) is 16.5 Å². The van der Waals surface area contributed by atoms with Gasteiger partial charge in [0.1, 0.15) is 12.0 Å². The van der Waals surface area contributed by atoms with Crippen molar-refractivity contribution in [3.8, 4) is 23.0 Å². The molecule has 0 radical (unpaired) electrons. The number of carbonyl (C=O) groups excluding carboxylic acids is 1. The van der Waals surface area contributed by atoms with Crippen molar-refractivity contribution in [3.05, 3.63) is 72.4 Å². The van der Waals surface area contributed by atoms with Crippen LogP contribution in [0.1, 0.15) is 41.0 Å². The molecule has 0 saturated carbocycles. The summed E-state index contributed by atoms with van der Waals surface area (Å²) in [6.45, 7) is 6.17. The average Bonchev–Trinajstić information content (AvgIpc) is 3.24. The first-order valence-corrected chi connectivity index (χ1v) is 9.93. The summed E-state index contributed by atoms with van der Waals surface area (Å²) in [4.78, 5) is 21.1. The minimum Gasteiger partial charge on any atom is -0.493 e. The Hall–Kier alpha value is -3.41. The van der Waals surface area contributed by atoms with Crippen LogP contribution in [0.5, 0.6) is 11.5 Å². The fraction of sp³-hybridized carbons (Fsp3) is 0.292. The molecule has 0 aliphatic carbocycles. The summed E-state index contributed by atoms with van der Waals surface area (Å²) in [6.07, 6.45) is 7.66. The minimum atomic E-state index is -0.00249. The molecule has 0 aliphatic rings. The summed E-state index contributed by atoms with van der Waals surface area (Å²) in [5, 5.41) is 0. The number of pyridine rings is 1.